The van der Waals surface area contributed by atoms with Gasteiger partial charge in [0.1, 0.15) is 5.60 Å². The maximum absolute atomic E-state index is 11.4. The summed E-state index contributed by atoms with van der Waals surface area (Å²) in [5.41, 5.74) is 0.952. The largest absolute Gasteiger partial charge is 0.489 e. The molecule has 0 aromatic carbocycles. The van der Waals surface area contributed by atoms with Crippen molar-refractivity contribution in [3.05, 3.63) is 11.3 Å². The van der Waals surface area contributed by atoms with Crippen molar-refractivity contribution < 1.29 is 19.4 Å². The van der Waals surface area contributed by atoms with E-state index in [0.717, 1.165) is 50.3 Å². The molecule has 5 nitrogen and oxygen atoms in total. The second-order valence-electron chi connectivity index (χ2n) is 10.5. The Morgan fingerprint density at radius 2 is 1.97 bits per heavy atom. The molecule has 2 aliphatic heterocycles. The summed E-state index contributed by atoms with van der Waals surface area (Å²) < 4.78 is 13.0. The number of thioether (sulfide) groups is 1. The number of rotatable bonds is 5. The molecule has 2 aliphatic carbocycles. The summed E-state index contributed by atoms with van der Waals surface area (Å²) in [6.45, 7) is 10.1. The van der Waals surface area contributed by atoms with Gasteiger partial charge in [-0.05, 0) is 76.2 Å². The number of hydrogen-bond donors (Lipinski definition) is 2. The summed E-state index contributed by atoms with van der Waals surface area (Å²) >= 11 is 1.48. The topological polar surface area (TPSA) is 67.8 Å². The molecule has 170 valence electrons. The predicted octanol–water partition coefficient (Wildman–Crippen LogP) is 4.88. The minimum absolute atomic E-state index is 0.140. The van der Waals surface area contributed by atoms with E-state index in [9.17, 15) is 9.90 Å². The zero-order valence-corrected chi connectivity index (χ0v) is 19.8. The Labute approximate surface area is 185 Å². The number of ether oxygens (including phenoxy) is 2. The van der Waals surface area contributed by atoms with Crippen molar-refractivity contribution in [2.45, 2.75) is 95.7 Å². The highest BCUT2D eigenvalue weighted by atomic mass is 32.2. The van der Waals surface area contributed by atoms with Crippen LogP contribution in [0.2, 0.25) is 0 Å². The van der Waals surface area contributed by atoms with Gasteiger partial charge in [0, 0.05) is 23.6 Å². The first-order chi connectivity index (χ1) is 14.3. The number of hydrogen-bond acceptors (Lipinski definition) is 5. The number of carbonyl (C=O) groups excluding carboxylic acids is 1. The van der Waals surface area contributed by atoms with Crippen LogP contribution in [0.3, 0.4) is 0 Å². The van der Waals surface area contributed by atoms with Crippen LogP contribution in [-0.4, -0.2) is 46.6 Å². The van der Waals surface area contributed by atoms with Gasteiger partial charge in [0.05, 0.1) is 24.6 Å². The maximum atomic E-state index is 11.4. The normalized spacial score (nSPS) is 44.4. The molecule has 0 aromatic rings. The van der Waals surface area contributed by atoms with E-state index in [-0.39, 0.29) is 28.8 Å². The number of aliphatic hydroxyl groups excluding tert-OH is 1. The van der Waals surface area contributed by atoms with Crippen molar-refractivity contribution in [2.75, 3.05) is 13.2 Å². The van der Waals surface area contributed by atoms with Crippen molar-refractivity contribution in [2.24, 2.45) is 23.7 Å². The monoisotopic (exact) mass is 437 g/mol. The van der Waals surface area contributed by atoms with E-state index in [0.29, 0.717) is 23.9 Å². The van der Waals surface area contributed by atoms with Gasteiger partial charge in [0.2, 0.25) is 0 Å². The third kappa shape index (κ3) is 4.71. The average molecular weight is 438 g/mol. The van der Waals surface area contributed by atoms with Crippen LogP contribution in [0.25, 0.3) is 0 Å². The Morgan fingerprint density at radius 3 is 2.63 bits per heavy atom. The lowest BCUT2D eigenvalue weighted by Crippen LogP contribution is -2.47. The van der Waals surface area contributed by atoms with Crippen LogP contribution in [0.5, 0.6) is 0 Å². The van der Waals surface area contributed by atoms with Crippen LogP contribution < -0.4 is 5.32 Å². The molecule has 6 heteroatoms. The van der Waals surface area contributed by atoms with E-state index in [1.54, 1.807) is 0 Å². The van der Waals surface area contributed by atoms with Crippen molar-refractivity contribution in [3.63, 3.8) is 0 Å². The van der Waals surface area contributed by atoms with Crippen molar-refractivity contribution in [1.82, 2.24) is 5.32 Å². The molecule has 4 rings (SSSR count). The molecule has 2 heterocycles. The first-order valence-corrected chi connectivity index (χ1v) is 12.8. The predicted molar refractivity (Wildman–Crippen MR) is 120 cm³/mol. The quantitative estimate of drug-likeness (QED) is 0.641. The van der Waals surface area contributed by atoms with Crippen LogP contribution in [-0.2, 0) is 9.47 Å². The van der Waals surface area contributed by atoms with Gasteiger partial charge < -0.3 is 19.9 Å². The fraction of sp³-hybridized carbons (Fsp3) is 0.875. The number of aliphatic hydroxyl groups is 1. The minimum atomic E-state index is -0.269. The number of amides is 1. The molecule has 3 fully saturated rings. The van der Waals surface area contributed by atoms with Gasteiger partial charge in [-0.15, -0.1) is 0 Å². The molecular formula is C24H39NO4S. The van der Waals surface area contributed by atoms with E-state index < -0.39 is 0 Å². The number of allylic oxidation sites excluding steroid dienone is 1. The summed E-state index contributed by atoms with van der Waals surface area (Å²) in [6.07, 6.45) is 7.89. The first-order valence-electron chi connectivity index (χ1n) is 11.9. The smallest absolute Gasteiger partial charge is 0.279 e. The summed E-state index contributed by atoms with van der Waals surface area (Å²) in [5, 5.41) is 14.1. The van der Waals surface area contributed by atoms with E-state index >= 15 is 0 Å². The molecule has 0 bridgehead atoms. The summed E-state index contributed by atoms with van der Waals surface area (Å²) in [4.78, 5) is 11.4. The Kier molecular flexibility index (Phi) is 6.76. The number of fused-ring (bicyclic) bond motifs is 1. The molecule has 4 aliphatic rings. The molecule has 30 heavy (non-hydrogen) atoms. The van der Waals surface area contributed by atoms with Crippen LogP contribution in [0, 0.1) is 23.7 Å². The summed E-state index contributed by atoms with van der Waals surface area (Å²) in [7, 11) is 0. The Morgan fingerprint density at radius 1 is 1.23 bits per heavy atom. The minimum Gasteiger partial charge on any atom is -0.489 e. The first kappa shape index (κ1) is 22.5. The molecule has 2 N–H and O–H groups in total. The van der Waals surface area contributed by atoms with E-state index in [4.69, 9.17) is 9.47 Å². The van der Waals surface area contributed by atoms with Gasteiger partial charge in [0.15, 0.2) is 0 Å². The fourth-order valence-electron chi connectivity index (χ4n) is 5.90. The van der Waals surface area contributed by atoms with Crippen LogP contribution in [0.4, 0.5) is 4.79 Å². The lowest BCUT2D eigenvalue weighted by molar-refractivity contribution is -0.130. The van der Waals surface area contributed by atoms with Crippen LogP contribution in [0.1, 0.15) is 72.6 Å². The average Bonchev–Trinajstić information content (AvgIpc) is 3.15. The molecule has 0 radical (unpaired) electrons. The zero-order valence-electron chi connectivity index (χ0n) is 19.0. The highest BCUT2D eigenvalue weighted by Gasteiger charge is 2.45. The highest BCUT2D eigenvalue weighted by molar-refractivity contribution is 8.14. The Bertz CT molecular complexity index is 674. The molecule has 1 amide bonds. The summed E-state index contributed by atoms with van der Waals surface area (Å²) in [6, 6.07) is 0. The van der Waals surface area contributed by atoms with Gasteiger partial charge in [-0.1, -0.05) is 25.6 Å². The molecule has 0 aromatic heterocycles. The number of carbonyl (C=O) groups is 1. The van der Waals surface area contributed by atoms with Crippen LogP contribution >= 0.6 is 11.8 Å². The maximum Gasteiger partial charge on any atom is 0.279 e. The molecule has 0 spiro atoms. The lowest BCUT2D eigenvalue weighted by Gasteiger charge is -2.48. The van der Waals surface area contributed by atoms with E-state index in [1.165, 1.54) is 30.2 Å². The highest BCUT2D eigenvalue weighted by Crippen LogP contribution is 2.47. The SMILES string of the molecule is CC1=C2O[C@](C)(COC3CCC(C[C@@H]4CNC(=O)S4)CC3)CC[C@@H]2[C@@H](C)C(O)[C@@H]1C. The fourth-order valence-corrected chi connectivity index (χ4v) is 6.90. The lowest BCUT2D eigenvalue weighted by atomic mass is 9.69. The van der Waals surface area contributed by atoms with Crippen molar-refractivity contribution in [1.29, 1.82) is 0 Å². The number of nitrogens with one attached hydrogen (secondary N) is 1. The molecule has 1 unspecified atom stereocenters. The van der Waals surface area contributed by atoms with E-state index in [2.05, 4.69) is 33.0 Å². The Hall–Kier alpha value is -0.720. The summed E-state index contributed by atoms with van der Waals surface area (Å²) in [5.74, 6) is 2.60. The molecule has 2 saturated heterocycles. The van der Waals surface area contributed by atoms with Gasteiger partial charge in [-0.2, -0.15) is 0 Å². The van der Waals surface area contributed by atoms with E-state index in [1.807, 2.05) is 0 Å². The zero-order chi connectivity index (χ0) is 21.5. The molecule has 6 atom stereocenters. The molecular weight excluding hydrogens is 398 g/mol. The Balaban J connectivity index is 1.26. The van der Waals surface area contributed by atoms with Gasteiger partial charge >= 0.3 is 0 Å². The van der Waals surface area contributed by atoms with Crippen LogP contribution in [0.15, 0.2) is 11.3 Å². The third-order valence-corrected chi connectivity index (χ3v) is 9.25. The van der Waals surface area contributed by atoms with Crippen molar-refractivity contribution >= 4 is 17.0 Å². The standard InChI is InChI=1S/C24H39NO4S/c1-14-15(2)22-20(16(3)21(14)26)9-10-24(4,29-22)13-28-18-7-5-17(6-8-18)11-19-12-25-23(27)30-19/h14,16-21,26H,5-13H2,1-4H3,(H,25,27)/t14-,16-,17?,18?,19-,20-,21?,24+/m1/s1. The third-order valence-electron chi connectivity index (χ3n) is 8.20. The second kappa shape index (κ2) is 9.03. The van der Waals surface area contributed by atoms with Gasteiger partial charge in [-0.3, -0.25) is 4.79 Å². The van der Waals surface area contributed by atoms with Gasteiger partial charge in [0.25, 0.3) is 5.24 Å². The second-order valence-corrected chi connectivity index (χ2v) is 11.8. The van der Waals surface area contributed by atoms with Crippen molar-refractivity contribution in [3.8, 4) is 0 Å². The molecule has 1 saturated carbocycles. The van der Waals surface area contributed by atoms with Gasteiger partial charge in [-0.25, -0.2) is 0 Å².